The number of aryl methyl sites for hydroxylation is 2. The van der Waals surface area contributed by atoms with E-state index in [2.05, 4.69) is 9.84 Å². The Morgan fingerprint density at radius 1 is 1.69 bits per heavy atom. The van der Waals surface area contributed by atoms with Crippen molar-refractivity contribution in [2.24, 2.45) is 7.05 Å². The number of ether oxygens (including phenoxy) is 1. The Kier molecular flexibility index (Phi) is 2.33. The van der Waals surface area contributed by atoms with E-state index in [9.17, 15) is 4.79 Å². The molecule has 0 aliphatic heterocycles. The minimum Gasteiger partial charge on any atom is -0.465 e. The standard InChI is InChI=1S/C8H9N3O2/c1-5-7(8(12)13-3)6(4-9)11(2)10-5/h1-3H3. The molecule has 0 aliphatic carbocycles. The molecule has 5 nitrogen and oxygen atoms in total. The Bertz CT molecular complexity index is 387. The lowest BCUT2D eigenvalue weighted by molar-refractivity contribution is 0.0599. The fraction of sp³-hybridized carbons (Fsp3) is 0.375. The summed E-state index contributed by atoms with van der Waals surface area (Å²) in [6.45, 7) is 1.66. The van der Waals surface area contributed by atoms with Crippen LogP contribution in [0.25, 0.3) is 0 Å². The van der Waals surface area contributed by atoms with Gasteiger partial charge in [-0.2, -0.15) is 10.4 Å². The molecular formula is C8H9N3O2. The summed E-state index contributed by atoms with van der Waals surface area (Å²) >= 11 is 0. The number of hydrogen-bond acceptors (Lipinski definition) is 4. The quantitative estimate of drug-likeness (QED) is 0.585. The number of rotatable bonds is 1. The molecule has 5 heteroatoms. The number of esters is 1. The molecular weight excluding hydrogens is 170 g/mol. The van der Waals surface area contributed by atoms with E-state index in [1.807, 2.05) is 6.07 Å². The molecule has 0 amide bonds. The van der Waals surface area contributed by atoms with Gasteiger partial charge < -0.3 is 4.74 Å². The lowest BCUT2D eigenvalue weighted by Gasteiger charge is -1.96. The second kappa shape index (κ2) is 3.27. The van der Waals surface area contributed by atoms with Gasteiger partial charge >= 0.3 is 5.97 Å². The molecule has 0 atom stereocenters. The molecule has 1 aromatic rings. The topological polar surface area (TPSA) is 67.9 Å². The van der Waals surface area contributed by atoms with Crippen molar-refractivity contribution in [2.45, 2.75) is 6.92 Å². The van der Waals surface area contributed by atoms with Gasteiger partial charge in [0.1, 0.15) is 11.6 Å². The highest BCUT2D eigenvalue weighted by molar-refractivity contribution is 5.92. The van der Waals surface area contributed by atoms with Gasteiger partial charge in [0.15, 0.2) is 5.69 Å². The van der Waals surface area contributed by atoms with Crippen molar-refractivity contribution in [1.29, 1.82) is 5.26 Å². The summed E-state index contributed by atoms with van der Waals surface area (Å²) in [5.74, 6) is -0.526. The monoisotopic (exact) mass is 179 g/mol. The predicted molar refractivity (Wildman–Crippen MR) is 44.0 cm³/mol. The molecule has 0 saturated carbocycles. The molecule has 0 radical (unpaired) electrons. The first-order chi connectivity index (χ1) is 6.11. The number of nitrogens with zero attached hydrogens (tertiary/aromatic N) is 3. The van der Waals surface area contributed by atoms with Gasteiger partial charge in [-0.1, -0.05) is 0 Å². The van der Waals surface area contributed by atoms with Crippen LogP contribution in [-0.4, -0.2) is 22.9 Å². The maximum atomic E-state index is 11.2. The van der Waals surface area contributed by atoms with Crippen LogP contribution in [0.4, 0.5) is 0 Å². The first kappa shape index (κ1) is 9.26. The molecule has 0 unspecified atom stereocenters. The molecule has 0 fully saturated rings. The highest BCUT2D eigenvalue weighted by atomic mass is 16.5. The maximum absolute atomic E-state index is 11.2. The van der Waals surface area contributed by atoms with Gasteiger partial charge in [-0.15, -0.1) is 0 Å². The van der Waals surface area contributed by atoms with Gasteiger partial charge in [-0.05, 0) is 6.92 Å². The van der Waals surface area contributed by atoms with Crippen molar-refractivity contribution in [3.05, 3.63) is 17.0 Å². The number of nitriles is 1. The summed E-state index contributed by atoms with van der Waals surface area (Å²) in [7, 11) is 2.88. The van der Waals surface area contributed by atoms with Crippen molar-refractivity contribution in [3.63, 3.8) is 0 Å². The molecule has 13 heavy (non-hydrogen) atoms. The highest BCUT2D eigenvalue weighted by Gasteiger charge is 2.20. The lowest BCUT2D eigenvalue weighted by atomic mass is 10.2. The Morgan fingerprint density at radius 2 is 2.31 bits per heavy atom. The number of carbonyl (C=O) groups excluding carboxylic acids is 1. The van der Waals surface area contributed by atoms with Crippen LogP contribution in [0.3, 0.4) is 0 Å². The van der Waals surface area contributed by atoms with E-state index >= 15 is 0 Å². The zero-order chi connectivity index (χ0) is 10.0. The average Bonchev–Trinajstić information content (AvgIpc) is 2.39. The van der Waals surface area contributed by atoms with E-state index in [1.54, 1.807) is 14.0 Å². The summed E-state index contributed by atoms with van der Waals surface area (Å²) in [6.07, 6.45) is 0. The summed E-state index contributed by atoms with van der Waals surface area (Å²) in [5.41, 5.74) is 0.975. The van der Waals surface area contributed by atoms with Crippen LogP contribution in [-0.2, 0) is 11.8 Å². The van der Waals surface area contributed by atoms with E-state index in [0.717, 1.165) is 0 Å². The van der Waals surface area contributed by atoms with Crippen molar-refractivity contribution < 1.29 is 9.53 Å². The maximum Gasteiger partial charge on any atom is 0.342 e. The van der Waals surface area contributed by atoms with Crippen LogP contribution in [0, 0.1) is 18.3 Å². The summed E-state index contributed by atoms with van der Waals surface area (Å²) < 4.78 is 5.89. The molecule has 0 aliphatic rings. The minimum atomic E-state index is -0.526. The van der Waals surface area contributed by atoms with E-state index < -0.39 is 5.97 Å². The summed E-state index contributed by atoms with van der Waals surface area (Å²) in [6, 6.07) is 1.90. The largest absolute Gasteiger partial charge is 0.465 e. The molecule has 0 N–H and O–H groups in total. The molecule has 0 saturated heterocycles. The highest BCUT2D eigenvalue weighted by Crippen LogP contribution is 2.12. The van der Waals surface area contributed by atoms with E-state index in [-0.39, 0.29) is 11.3 Å². The second-order valence-corrected chi connectivity index (χ2v) is 2.54. The van der Waals surface area contributed by atoms with Crippen LogP contribution in [0.15, 0.2) is 0 Å². The van der Waals surface area contributed by atoms with Crippen LogP contribution in [0.5, 0.6) is 0 Å². The van der Waals surface area contributed by atoms with E-state index in [0.29, 0.717) is 5.69 Å². The third-order valence-corrected chi connectivity index (χ3v) is 1.72. The number of aromatic nitrogens is 2. The van der Waals surface area contributed by atoms with Gasteiger partial charge in [0.2, 0.25) is 0 Å². The average molecular weight is 179 g/mol. The third-order valence-electron chi connectivity index (χ3n) is 1.72. The van der Waals surface area contributed by atoms with Crippen molar-refractivity contribution in [1.82, 2.24) is 9.78 Å². The molecule has 1 rings (SSSR count). The zero-order valence-electron chi connectivity index (χ0n) is 7.66. The van der Waals surface area contributed by atoms with Gasteiger partial charge in [-0.3, -0.25) is 4.68 Å². The molecule has 1 heterocycles. The minimum absolute atomic E-state index is 0.226. The van der Waals surface area contributed by atoms with E-state index in [1.165, 1.54) is 11.8 Å². The van der Waals surface area contributed by atoms with Crippen molar-refractivity contribution >= 4 is 5.97 Å². The first-order valence-corrected chi connectivity index (χ1v) is 3.63. The fourth-order valence-corrected chi connectivity index (χ4v) is 1.13. The van der Waals surface area contributed by atoms with Crippen LogP contribution in [0.2, 0.25) is 0 Å². The molecule has 1 aromatic heterocycles. The molecule has 68 valence electrons. The summed E-state index contributed by atoms with van der Waals surface area (Å²) in [4.78, 5) is 11.2. The molecule has 0 bridgehead atoms. The van der Waals surface area contributed by atoms with Gasteiger partial charge in [0, 0.05) is 7.05 Å². The third kappa shape index (κ3) is 1.38. The lowest BCUT2D eigenvalue weighted by Crippen LogP contribution is -2.05. The van der Waals surface area contributed by atoms with Crippen molar-refractivity contribution in [2.75, 3.05) is 7.11 Å². The molecule has 0 aromatic carbocycles. The first-order valence-electron chi connectivity index (χ1n) is 3.63. The van der Waals surface area contributed by atoms with Gasteiger partial charge in [0.05, 0.1) is 12.8 Å². The predicted octanol–water partition coefficient (Wildman–Crippen LogP) is 0.387. The van der Waals surface area contributed by atoms with Crippen molar-refractivity contribution in [3.8, 4) is 6.07 Å². The number of carbonyl (C=O) groups is 1. The van der Waals surface area contributed by atoms with E-state index in [4.69, 9.17) is 5.26 Å². The van der Waals surface area contributed by atoms with Crippen LogP contribution < -0.4 is 0 Å². The smallest absolute Gasteiger partial charge is 0.342 e. The Labute approximate surface area is 75.5 Å². The SMILES string of the molecule is COC(=O)c1c(C)nn(C)c1C#N. The van der Waals surface area contributed by atoms with Crippen LogP contribution >= 0.6 is 0 Å². The Morgan fingerprint density at radius 3 is 2.77 bits per heavy atom. The normalized spacial score (nSPS) is 9.38. The van der Waals surface area contributed by atoms with Crippen LogP contribution in [0.1, 0.15) is 21.7 Å². The number of hydrogen-bond donors (Lipinski definition) is 0. The van der Waals surface area contributed by atoms with Gasteiger partial charge in [-0.25, -0.2) is 4.79 Å². The zero-order valence-corrected chi connectivity index (χ0v) is 7.66. The molecule has 0 spiro atoms. The summed E-state index contributed by atoms with van der Waals surface area (Å²) in [5, 5.41) is 12.7. The fourth-order valence-electron chi connectivity index (χ4n) is 1.13. The Balaban J connectivity index is 3.35. The Hall–Kier alpha value is -1.83. The second-order valence-electron chi connectivity index (χ2n) is 2.54. The number of methoxy groups -OCH3 is 1. The van der Waals surface area contributed by atoms with Gasteiger partial charge in [0.25, 0.3) is 0 Å².